The third-order valence-electron chi connectivity index (χ3n) is 5.74. The van der Waals surface area contributed by atoms with Crippen LogP contribution >= 0.6 is 0 Å². The maximum absolute atomic E-state index is 12.4. The largest absolute Gasteiger partial charge is 0.455 e. The molecule has 0 saturated heterocycles. The number of rotatable bonds is 7. The second-order valence-electron chi connectivity index (χ2n) is 7.88. The number of nitrogens with zero attached hydrogens (tertiary/aromatic N) is 4. The molecule has 0 aliphatic heterocycles. The third kappa shape index (κ3) is 4.68. The van der Waals surface area contributed by atoms with Crippen LogP contribution in [0.3, 0.4) is 0 Å². The van der Waals surface area contributed by atoms with E-state index >= 15 is 0 Å². The van der Waals surface area contributed by atoms with Crippen LogP contribution in [-0.4, -0.2) is 38.0 Å². The molecule has 1 aliphatic carbocycles. The van der Waals surface area contributed by atoms with Gasteiger partial charge in [-0.1, -0.05) is 31.0 Å². The first-order valence-corrected chi connectivity index (χ1v) is 10.6. The Hall–Kier alpha value is -3.42. The van der Waals surface area contributed by atoms with Gasteiger partial charge in [-0.3, -0.25) is 9.59 Å². The Morgan fingerprint density at radius 3 is 2.61 bits per heavy atom. The van der Waals surface area contributed by atoms with Crippen molar-refractivity contribution in [3.8, 4) is 5.69 Å². The molecule has 1 saturated carbocycles. The van der Waals surface area contributed by atoms with Crippen LogP contribution in [0.2, 0.25) is 0 Å². The summed E-state index contributed by atoms with van der Waals surface area (Å²) in [6.07, 6.45) is 6.22. The summed E-state index contributed by atoms with van der Waals surface area (Å²) >= 11 is 0. The van der Waals surface area contributed by atoms with Gasteiger partial charge in [0.25, 0.3) is 5.91 Å². The van der Waals surface area contributed by atoms with E-state index in [1.165, 1.54) is 12.8 Å². The lowest BCUT2D eigenvalue weighted by molar-refractivity contribution is -0.146. The predicted molar refractivity (Wildman–Crippen MR) is 116 cm³/mol. The standard InChI is InChI=1S/C23H27N5O3/c1-16-20(17(2)27(26-16)18-8-4-3-5-9-18)14-23(30)31-15-22(29)25-21-12-13-24-28(21)19-10-6-7-11-19/h3-5,8-9,12-13,19H,6-7,10-11,14-15H2,1-2H3,(H,25,29). The number of carbonyl (C=O) groups excluding carboxylic acids is 2. The first-order valence-electron chi connectivity index (χ1n) is 10.6. The number of para-hydroxylation sites is 1. The number of benzene rings is 1. The Morgan fingerprint density at radius 2 is 1.87 bits per heavy atom. The molecule has 1 N–H and O–H groups in total. The van der Waals surface area contributed by atoms with Gasteiger partial charge < -0.3 is 10.1 Å². The first kappa shape index (κ1) is 20.8. The summed E-state index contributed by atoms with van der Waals surface area (Å²) in [5.74, 6) is -0.191. The van der Waals surface area contributed by atoms with E-state index in [9.17, 15) is 9.59 Å². The second-order valence-corrected chi connectivity index (χ2v) is 7.88. The van der Waals surface area contributed by atoms with Crippen molar-refractivity contribution in [1.82, 2.24) is 19.6 Å². The smallest absolute Gasteiger partial charge is 0.310 e. The Balaban J connectivity index is 1.33. The molecule has 31 heavy (non-hydrogen) atoms. The fourth-order valence-corrected chi connectivity index (χ4v) is 4.12. The molecule has 2 aromatic heterocycles. The van der Waals surface area contributed by atoms with Crippen LogP contribution in [0.1, 0.15) is 48.7 Å². The number of aryl methyl sites for hydroxylation is 1. The monoisotopic (exact) mass is 421 g/mol. The maximum atomic E-state index is 12.4. The molecule has 0 atom stereocenters. The number of amides is 1. The van der Waals surface area contributed by atoms with E-state index in [4.69, 9.17) is 4.74 Å². The van der Waals surface area contributed by atoms with E-state index < -0.39 is 5.97 Å². The summed E-state index contributed by atoms with van der Waals surface area (Å²) in [7, 11) is 0. The highest BCUT2D eigenvalue weighted by molar-refractivity contribution is 5.92. The van der Waals surface area contributed by atoms with Crippen molar-refractivity contribution in [3.05, 3.63) is 59.5 Å². The van der Waals surface area contributed by atoms with Gasteiger partial charge in [0.2, 0.25) is 0 Å². The van der Waals surface area contributed by atoms with Crippen molar-refractivity contribution in [1.29, 1.82) is 0 Å². The van der Waals surface area contributed by atoms with Gasteiger partial charge in [-0.05, 0) is 38.8 Å². The van der Waals surface area contributed by atoms with Crippen molar-refractivity contribution in [3.63, 3.8) is 0 Å². The van der Waals surface area contributed by atoms with Gasteiger partial charge in [-0.15, -0.1) is 0 Å². The molecule has 0 unspecified atom stereocenters. The number of hydrogen-bond donors (Lipinski definition) is 1. The van der Waals surface area contributed by atoms with E-state index in [0.29, 0.717) is 11.9 Å². The van der Waals surface area contributed by atoms with Gasteiger partial charge in [0.15, 0.2) is 6.61 Å². The van der Waals surface area contributed by atoms with Crippen molar-refractivity contribution in [2.24, 2.45) is 0 Å². The number of anilines is 1. The molecule has 1 fully saturated rings. The molecule has 2 heterocycles. The summed E-state index contributed by atoms with van der Waals surface area (Å²) < 4.78 is 8.90. The number of ether oxygens (including phenoxy) is 1. The van der Waals surface area contributed by atoms with Crippen LogP contribution in [0, 0.1) is 13.8 Å². The van der Waals surface area contributed by atoms with E-state index in [0.717, 1.165) is 35.5 Å². The topological polar surface area (TPSA) is 91.0 Å². The average molecular weight is 422 g/mol. The van der Waals surface area contributed by atoms with Crippen molar-refractivity contribution in [2.75, 3.05) is 11.9 Å². The van der Waals surface area contributed by atoms with Crippen molar-refractivity contribution >= 4 is 17.7 Å². The predicted octanol–water partition coefficient (Wildman–Crippen LogP) is 3.53. The molecule has 8 nitrogen and oxygen atoms in total. The molecule has 4 rings (SSSR count). The minimum atomic E-state index is -0.460. The van der Waals surface area contributed by atoms with Crippen LogP contribution in [0.4, 0.5) is 5.82 Å². The number of esters is 1. The van der Waals surface area contributed by atoms with Crippen LogP contribution in [-0.2, 0) is 20.7 Å². The maximum Gasteiger partial charge on any atom is 0.310 e. The van der Waals surface area contributed by atoms with Gasteiger partial charge >= 0.3 is 5.97 Å². The zero-order valence-electron chi connectivity index (χ0n) is 17.9. The van der Waals surface area contributed by atoms with Gasteiger partial charge in [0, 0.05) is 17.3 Å². The van der Waals surface area contributed by atoms with Crippen molar-refractivity contribution in [2.45, 2.75) is 52.0 Å². The zero-order valence-corrected chi connectivity index (χ0v) is 17.9. The summed E-state index contributed by atoms with van der Waals surface area (Å²) in [5.41, 5.74) is 3.39. The number of aromatic nitrogens is 4. The molecular formula is C23H27N5O3. The molecule has 0 bridgehead atoms. The fourth-order valence-electron chi connectivity index (χ4n) is 4.12. The first-order chi connectivity index (χ1) is 15.0. The summed E-state index contributed by atoms with van der Waals surface area (Å²) in [4.78, 5) is 24.7. The van der Waals surface area contributed by atoms with Gasteiger partial charge in [-0.25, -0.2) is 9.36 Å². The summed E-state index contributed by atoms with van der Waals surface area (Å²) in [5, 5.41) is 11.7. The van der Waals surface area contributed by atoms with Gasteiger partial charge in [-0.2, -0.15) is 10.2 Å². The molecule has 162 valence electrons. The number of carbonyl (C=O) groups is 2. The molecule has 3 aromatic rings. The van der Waals surface area contributed by atoms with Crippen LogP contribution < -0.4 is 5.32 Å². The van der Waals surface area contributed by atoms with Crippen LogP contribution in [0.15, 0.2) is 42.6 Å². The van der Waals surface area contributed by atoms with Gasteiger partial charge in [0.1, 0.15) is 5.82 Å². The lowest BCUT2D eigenvalue weighted by atomic mass is 10.1. The highest BCUT2D eigenvalue weighted by atomic mass is 16.5. The van der Waals surface area contributed by atoms with Crippen LogP contribution in [0.5, 0.6) is 0 Å². The molecule has 1 amide bonds. The zero-order chi connectivity index (χ0) is 21.8. The summed E-state index contributed by atoms with van der Waals surface area (Å²) in [6, 6.07) is 11.8. The van der Waals surface area contributed by atoms with E-state index in [2.05, 4.69) is 15.5 Å². The molecule has 0 spiro atoms. The lowest BCUT2D eigenvalue weighted by Gasteiger charge is -2.14. The third-order valence-corrected chi connectivity index (χ3v) is 5.74. The number of nitrogens with one attached hydrogen (secondary N) is 1. The molecule has 1 aromatic carbocycles. The van der Waals surface area contributed by atoms with Crippen LogP contribution in [0.25, 0.3) is 5.69 Å². The second kappa shape index (κ2) is 9.16. The van der Waals surface area contributed by atoms with Crippen molar-refractivity contribution < 1.29 is 14.3 Å². The molecule has 0 radical (unpaired) electrons. The number of hydrogen-bond acceptors (Lipinski definition) is 5. The Labute approximate surface area is 181 Å². The Morgan fingerprint density at radius 1 is 1.13 bits per heavy atom. The Kier molecular flexibility index (Phi) is 6.16. The van der Waals surface area contributed by atoms with E-state index in [1.54, 1.807) is 12.3 Å². The molecule has 8 heteroatoms. The minimum Gasteiger partial charge on any atom is -0.455 e. The van der Waals surface area contributed by atoms with Gasteiger partial charge in [0.05, 0.1) is 30.0 Å². The highest BCUT2D eigenvalue weighted by Crippen LogP contribution is 2.31. The molecular weight excluding hydrogens is 394 g/mol. The normalized spacial score (nSPS) is 14.0. The fraction of sp³-hybridized carbons (Fsp3) is 0.391. The quantitative estimate of drug-likeness (QED) is 0.590. The minimum absolute atomic E-state index is 0.0672. The van der Waals surface area contributed by atoms with E-state index in [1.807, 2.05) is 53.5 Å². The molecule has 1 aliphatic rings. The summed E-state index contributed by atoms with van der Waals surface area (Å²) in [6.45, 7) is 3.46. The van der Waals surface area contributed by atoms with E-state index in [-0.39, 0.29) is 18.9 Å². The highest BCUT2D eigenvalue weighted by Gasteiger charge is 2.21. The SMILES string of the molecule is Cc1nn(-c2ccccc2)c(C)c1CC(=O)OCC(=O)Nc1ccnn1C1CCCC1. The lowest BCUT2D eigenvalue weighted by Crippen LogP contribution is -2.24. The Bertz CT molecular complexity index is 1060. The average Bonchev–Trinajstić information content (AvgIpc) is 3.50.